The molecule has 0 saturated carbocycles. The summed E-state index contributed by atoms with van der Waals surface area (Å²) < 4.78 is 3.29. The zero-order chi connectivity index (χ0) is 17.0. The fraction of sp³-hybridized carbons (Fsp3) is 0.500. The minimum atomic E-state index is -0.508. The number of rotatable bonds is 7. The monoisotopic (exact) mass is 320 g/mol. The predicted molar refractivity (Wildman–Crippen MR) is 82.6 cm³/mol. The highest BCUT2D eigenvalue weighted by Crippen LogP contribution is 2.11. The Bertz CT molecular complexity index is 705. The molecule has 0 spiro atoms. The summed E-state index contributed by atoms with van der Waals surface area (Å²) in [6.45, 7) is 5.59. The van der Waals surface area contributed by atoms with Crippen molar-refractivity contribution >= 4 is 11.6 Å². The van der Waals surface area contributed by atoms with E-state index in [4.69, 9.17) is 0 Å². The van der Waals surface area contributed by atoms with E-state index in [1.807, 2.05) is 18.5 Å². The lowest BCUT2D eigenvalue weighted by Crippen LogP contribution is -2.27. The van der Waals surface area contributed by atoms with Crippen LogP contribution in [-0.2, 0) is 24.4 Å². The van der Waals surface area contributed by atoms with Gasteiger partial charge in [-0.2, -0.15) is 10.2 Å². The Hall–Kier alpha value is -2.71. The van der Waals surface area contributed by atoms with Crippen molar-refractivity contribution < 1.29 is 9.72 Å². The molecule has 9 heteroatoms. The van der Waals surface area contributed by atoms with Gasteiger partial charge in [0, 0.05) is 44.4 Å². The van der Waals surface area contributed by atoms with Crippen molar-refractivity contribution in [1.82, 2.24) is 24.5 Å². The Morgan fingerprint density at radius 1 is 1.39 bits per heavy atom. The van der Waals surface area contributed by atoms with E-state index in [9.17, 15) is 14.9 Å². The van der Waals surface area contributed by atoms with Crippen molar-refractivity contribution in [3.05, 3.63) is 40.0 Å². The maximum absolute atomic E-state index is 12.2. The molecule has 0 fully saturated rings. The van der Waals surface area contributed by atoms with Gasteiger partial charge in [0.2, 0.25) is 5.91 Å². The second-order valence-corrected chi connectivity index (χ2v) is 5.29. The predicted octanol–water partition coefficient (Wildman–Crippen LogP) is 1.36. The Kier molecular flexibility index (Phi) is 5.09. The molecule has 0 bridgehead atoms. The van der Waals surface area contributed by atoms with Crippen molar-refractivity contribution in [3.8, 4) is 0 Å². The summed E-state index contributed by atoms with van der Waals surface area (Å²) in [5.74, 6) is -0.0493. The van der Waals surface area contributed by atoms with Crippen LogP contribution in [0.5, 0.6) is 0 Å². The molecule has 2 aromatic rings. The van der Waals surface area contributed by atoms with Crippen LogP contribution < -0.4 is 0 Å². The maximum atomic E-state index is 12.2. The molecule has 2 aromatic heterocycles. The first-order valence-corrected chi connectivity index (χ1v) is 7.34. The normalized spacial score (nSPS) is 10.7. The molecule has 0 aromatic carbocycles. The molecular weight excluding hydrogens is 300 g/mol. The molecule has 0 aliphatic rings. The lowest BCUT2D eigenvalue weighted by Gasteiger charge is -2.17. The van der Waals surface area contributed by atoms with E-state index in [1.54, 1.807) is 18.1 Å². The maximum Gasteiger partial charge on any atom is 0.306 e. The highest BCUT2D eigenvalue weighted by molar-refractivity contribution is 5.75. The summed E-state index contributed by atoms with van der Waals surface area (Å²) in [7, 11) is 1.73. The topological polar surface area (TPSA) is 99.1 Å². The number of nitro groups is 1. The molecule has 124 valence electrons. The van der Waals surface area contributed by atoms with Crippen LogP contribution in [0, 0.1) is 17.0 Å². The summed E-state index contributed by atoms with van der Waals surface area (Å²) in [5, 5.41) is 18.7. The average molecular weight is 320 g/mol. The number of hydrogen-bond acceptors (Lipinski definition) is 5. The van der Waals surface area contributed by atoms with Gasteiger partial charge in [-0.1, -0.05) is 0 Å². The molecule has 9 nitrogen and oxygen atoms in total. The summed E-state index contributed by atoms with van der Waals surface area (Å²) in [5.41, 5.74) is 1.99. The smallest absolute Gasteiger partial charge is 0.306 e. The molecule has 0 N–H and O–H groups in total. The SMILES string of the molecule is CCn1ncc(CN(C)C(=O)CCn2cc([N+](=O)[O-])cn2)c1C. The standard InChI is InChI=1S/C14H20N6O3/c1-4-19-11(2)12(7-16-19)9-17(3)14(21)5-6-18-10-13(8-15-18)20(22)23/h7-8,10H,4-6,9H2,1-3H3. The molecule has 1 amide bonds. The van der Waals surface area contributed by atoms with Crippen LogP contribution in [0.15, 0.2) is 18.6 Å². The third-order valence-electron chi connectivity index (χ3n) is 3.72. The van der Waals surface area contributed by atoms with Gasteiger partial charge in [0.05, 0.1) is 11.1 Å². The largest absolute Gasteiger partial charge is 0.341 e. The molecule has 0 unspecified atom stereocenters. The Balaban J connectivity index is 1.89. The zero-order valence-electron chi connectivity index (χ0n) is 13.5. The van der Waals surface area contributed by atoms with E-state index in [0.29, 0.717) is 13.1 Å². The van der Waals surface area contributed by atoms with Gasteiger partial charge in [-0.25, -0.2) is 0 Å². The third-order valence-corrected chi connectivity index (χ3v) is 3.72. The molecule has 23 heavy (non-hydrogen) atoms. The number of aromatic nitrogens is 4. The fourth-order valence-corrected chi connectivity index (χ4v) is 2.27. The first kappa shape index (κ1) is 16.7. The van der Waals surface area contributed by atoms with Crippen LogP contribution in [0.25, 0.3) is 0 Å². The molecule has 2 rings (SSSR count). The minimum Gasteiger partial charge on any atom is -0.341 e. The van der Waals surface area contributed by atoms with Crippen LogP contribution in [0.3, 0.4) is 0 Å². The van der Waals surface area contributed by atoms with Crippen molar-refractivity contribution in [1.29, 1.82) is 0 Å². The summed E-state index contributed by atoms with van der Waals surface area (Å²) in [6.07, 6.45) is 4.51. The summed E-state index contributed by atoms with van der Waals surface area (Å²) in [6, 6.07) is 0. The van der Waals surface area contributed by atoms with Crippen LogP contribution in [0.1, 0.15) is 24.6 Å². The van der Waals surface area contributed by atoms with E-state index in [0.717, 1.165) is 17.8 Å². The van der Waals surface area contributed by atoms with Crippen molar-refractivity contribution in [3.63, 3.8) is 0 Å². The van der Waals surface area contributed by atoms with Crippen LogP contribution in [0.4, 0.5) is 5.69 Å². The van der Waals surface area contributed by atoms with Gasteiger partial charge in [-0.15, -0.1) is 0 Å². The van der Waals surface area contributed by atoms with Gasteiger partial charge >= 0.3 is 5.69 Å². The van der Waals surface area contributed by atoms with Crippen molar-refractivity contribution in [2.24, 2.45) is 0 Å². The van der Waals surface area contributed by atoms with Gasteiger partial charge in [-0.3, -0.25) is 24.3 Å². The van der Waals surface area contributed by atoms with Crippen LogP contribution in [-0.4, -0.2) is 42.3 Å². The quantitative estimate of drug-likeness (QED) is 0.566. The molecule has 2 heterocycles. The second kappa shape index (κ2) is 7.03. The number of aryl methyl sites for hydroxylation is 2. The highest BCUT2D eigenvalue weighted by Gasteiger charge is 2.14. The van der Waals surface area contributed by atoms with Gasteiger partial charge in [0.1, 0.15) is 12.4 Å². The number of nitrogens with zero attached hydrogens (tertiary/aromatic N) is 6. The lowest BCUT2D eigenvalue weighted by molar-refractivity contribution is -0.385. The number of carbonyl (C=O) groups excluding carboxylic acids is 1. The van der Waals surface area contributed by atoms with E-state index in [2.05, 4.69) is 10.2 Å². The van der Waals surface area contributed by atoms with Gasteiger partial charge < -0.3 is 4.90 Å². The van der Waals surface area contributed by atoms with Gasteiger partial charge in [0.25, 0.3) is 0 Å². The Morgan fingerprint density at radius 3 is 2.70 bits per heavy atom. The molecular formula is C14H20N6O3. The average Bonchev–Trinajstić information content (AvgIpc) is 3.12. The lowest BCUT2D eigenvalue weighted by atomic mass is 10.2. The van der Waals surface area contributed by atoms with Crippen LogP contribution >= 0.6 is 0 Å². The third kappa shape index (κ3) is 3.93. The van der Waals surface area contributed by atoms with Gasteiger partial charge in [0.15, 0.2) is 0 Å². The Labute approximate surface area is 133 Å². The zero-order valence-corrected chi connectivity index (χ0v) is 13.5. The summed E-state index contributed by atoms with van der Waals surface area (Å²) >= 11 is 0. The Morgan fingerprint density at radius 2 is 2.13 bits per heavy atom. The van der Waals surface area contributed by atoms with Gasteiger partial charge in [-0.05, 0) is 13.8 Å². The fourth-order valence-electron chi connectivity index (χ4n) is 2.27. The number of hydrogen-bond donors (Lipinski definition) is 0. The highest BCUT2D eigenvalue weighted by atomic mass is 16.6. The first-order valence-electron chi connectivity index (χ1n) is 7.34. The van der Waals surface area contributed by atoms with E-state index in [1.165, 1.54) is 17.1 Å². The van der Waals surface area contributed by atoms with E-state index < -0.39 is 4.92 Å². The molecule has 0 radical (unpaired) electrons. The second-order valence-electron chi connectivity index (χ2n) is 5.29. The number of carbonyl (C=O) groups is 1. The van der Waals surface area contributed by atoms with E-state index in [-0.39, 0.29) is 18.0 Å². The minimum absolute atomic E-state index is 0.0493. The molecule has 0 aliphatic carbocycles. The van der Waals surface area contributed by atoms with Crippen LogP contribution in [0.2, 0.25) is 0 Å². The summed E-state index contributed by atoms with van der Waals surface area (Å²) in [4.78, 5) is 23.9. The first-order chi connectivity index (χ1) is 10.9. The van der Waals surface area contributed by atoms with Crippen molar-refractivity contribution in [2.75, 3.05) is 7.05 Å². The molecule has 0 atom stereocenters. The molecule has 0 saturated heterocycles. The molecule has 0 aliphatic heterocycles. The van der Waals surface area contributed by atoms with E-state index >= 15 is 0 Å². The number of amides is 1. The van der Waals surface area contributed by atoms with Crippen molar-refractivity contribution in [2.45, 2.75) is 39.9 Å².